The summed E-state index contributed by atoms with van der Waals surface area (Å²) in [5, 5.41) is 11.3. The minimum Gasteiger partial charge on any atom is -0.479 e. The number of nitrogens with zero attached hydrogens (tertiary/aromatic N) is 1. The molecule has 7 heteroatoms. The molecule has 0 spiro atoms. The molecule has 0 bridgehead atoms. The van der Waals surface area contributed by atoms with Crippen molar-refractivity contribution in [1.82, 2.24) is 0 Å². The van der Waals surface area contributed by atoms with Crippen molar-refractivity contribution in [2.75, 3.05) is 11.9 Å². The van der Waals surface area contributed by atoms with Crippen molar-refractivity contribution in [3.05, 3.63) is 59.7 Å². The maximum absolute atomic E-state index is 12.1. The number of nitriles is 1. The molecule has 0 saturated heterocycles. The SMILES string of the molecule is CC(=O)Nc1ccc(C(=O)COC(=O)[C@@H](C)Oc2ccc(C#N)cc2)cc1. The van der Waals surface area contributed by atoms with Crippen LogP contribution in [0, 0.1) is 11.3 Å². The highest BCUT2D eigenvalue weighted by Crippen LogP contribution is 2.14. The van der Waals surface area contributed by atoms with E-state index in [1.807, 2.05) is 6.07 Å². The molecule has 2 rings (SSSR count). The van der Waals surface area contributed by atoms with Crippen molar-refractivity contribution < 1.29 is 23.9 Å². The molecule has 0 aliphatic carbocycles. The van der Waals surface area contributed by atoms with E-state index in [1.165, 1.54) is 26.0 Å². The minimum atomic E-state index is -0.909. The quantitative estimate of drug-likeness (QED) is 0.597. The third-order valence-corrected chi connectivity index (χ3v) is 3.50. The van der Waals surface area contributed by atoms with Gasteiger partial charge in [0.05, 0.1) is 11.6 Å². The van der Waals surface area contributed by atoms with Gasteiger partial charge in [-0.15, -0.1) is 0 Å². The zero-order chi connectivity index (χ0) is 19.8. The lowest BCUT2D eigenvalue weighted by atomic mass is 10.1. The Kier molecular flexibility index (Phi) is 6.67. The van der Waals surface area contributed by atoms with E-state index in [9.17, 15) is 14.4 Å². The molecule has 1 atom stereocenters. The second-order valence-corrected chi connectivity index (χ2v) is 5.69. The van der Waals surface area contributed by atoms with Crippen molar-refractivity contribution in [3.63, 3.8) is 0 Å². The summed E-state index contributed by atoms with van der Waals surface area (Å²) >= 11 is 0. The highest BCUT2D eigenvalue weighted by Gasteiger charge is 2.18. The summed E-state index contributed by atoms with van der Waals surface area (Å²) in [4.78, 5) is 35.1. The highest BCUT2D eigenvalue weighted by molar-refractivity contribution is 5.98. The zero-order valence-corrected chi connectivity index (χ0v) is 14.9. The molecule has 0 aliphatic rings. The van der Waals surface area contributed by atoms with Crippen LogP contribution in [-0.2, 0) is 14.3 Å². The monoisotopic (exact) mass is 366 g/mol. The van der Waals surface area contributed by atoms with Crippen LogP contribution < -0.4 is 10.1 Å². The van der Waals surface area contributed by atoms with Crippen LogP contribution in [0.1, 0.15) is 29.8 Å². The van der Waals surface area contributed by atoms with Gasteiger partial charge in [-0.2, -0.15) is 5.26 Å². The average Bonchev–Trinajstić information content (AvgIpc) is 2.66. The molecule has 7 nitrogen and oxygen atoms in total. The molecule has 0 heterocycles. The van der Waals surface area contributed by atoms with Crippen LogP contribution in [0.25, 0.3) is 0 Å². The Morgan fingerprint density at radius 3 is 2.26 bits per heavy atom. The number of ketones is 1. The maximum atomic E-state index is 12.1. The van der Waals surface area contributed by atoms with E-state index in [-0.39, 0.29) is 11.7 Å². The number of ether oxygens (including phenoxy) is 2. The second kappa shape index (κ2) is 9.15. The Balaban J connectivity index is 1.85. The van der Waals surface area contributed by atoms with E-state index in [4.69, 9.17) is 14.7 Å². The van der Waals surface area contributed by atoms with E-state index >= 15 is 0 Å². The molecular formula is C20H18N2O5. The smallest absolute Gasteiger partial charge is 0.347 e. The van der Waals surface area contributed by atoms with E-state index in [0.29, 0.717) is 22.6 Å². The van der Waals surface area contributed by atoms with Crippen LogP contribution in [0.3, 0.4) is 0 Å². The highest BCUT2D eigenvalue weighted by atomic mass is 16.6. The van der Waals surface area contributed by atoms with Gasteiger partial charge in [0, 0.05) is 18.2 Å². The van der Waals surface area contributed by atoms with Crippen molar-refractivity contribution >= 4 is 23.3 Å². The summed E-state index contributed by atoms with van der Waals surface area (Å²) in [6.07, 6.45) is -0.909. The average molecular weight is 366 g/mol. The van der Waals surface area contributed by atoms with Crippen LogP contribution in [0.15, 0.2) is 48.5 Å². The van der Waals surface area contributed by atoms with Gasteiger partial charge in [0.1, 0.15) is 5.75 Å². The lowest BCUT2D eigenvalue weighted by molar-refractivity contribution is -0.149. The maximum Gasteiger partial charge on any atom is 0.347 e. The third-order valence-electron chi connectivity index (χ3n) is 3.50. The molecule has 0 aliphatic heterocycles. The second-order valence-electron chi connectivity index (χ2n) is 5.69. The molecule has 0 aromatic heterocycles. The van der Waals surface area contributed by atoms with Crippen molar-refractivity contribution in [2.45, 2.75) is 20.0 Å². The number of nitrogens with one attached hydrogen (secondary N) is 1. The number of anilines is 1. The van der Waals surface area contributed by atoms with Crippen LogP contribution >= 0.6 is 0 Å². The number of benzene rings is 2. The van der Waals surface area contributed by atoms with Gasteiger partial charge < -0.3 is 14.8 Å². The molecule has 2 aromatic rings. The summed E-state index contributed by atoms with van der Waals surface area (Å²) < 4.78 is 10.4. The number of amides is 1. The Morgan fingerprint density at radius 1 is 1.07 bits per heavy atom. The van der Waals surface area contributed by atoms with Gasteiger partial charge in [-0.25, -0.2) is 4.79 Å². The van der Waals surface area contributed by atoms with Crippen molar-refractivity contribution in [2.24, 2.45) is 0 Å². The predicted octanol–water partition coefficient (Wildman–Crippen LogP) is 2.71. The first kappa shape index (κ1) is 19.7. The van der Waals surface area contributed by atoms with E-state index in [0.717, 1.165) is 0 Å². The lowest BCUT2D eigenvalue weighted by Crippen LogP contribution is -2.28. The van der Waals surface area contributed by atoms with Crippen LogP contribution in [0.5, 0.6) is 5.75 Å². The van der Waals surface area contributed by atoms with Crippen LogP contribution in [0.2, 0.25) is 0 Å². The number of carbonyl (C=O) groups excluding carboxylic acids is 3. The molecule has 0 unspecified atom stereocenters. The molecule has 0 fully saturated rings. The van der Waals surface area contributed by atoms with E-state index < -0.39 is 18.7 Å². The molecule has 2 aromatic carbocycles. The van der Waals surface area contributed by atoms with Gasteiger partial charge in [-0.1, -0.05) is 0 Å². The first-order valence-electron chi connectivity index (χ1n) is 8.13. The number of Topliss-reactive ketones (excluding diaryl/α,β-unsaturated/α-hetero) is 1. The van der Waals surface area contributed by atoms with E-state index in [1.54, 1.807) is 36.4 Å². The number of hydrogen-bond acceptors (Lipinski definition) is 6. The Bertz CT molecular complexity index is 867. The fraction of sp³-hybridized carbons (Fsp3) is 0.200. The van der Waals surface area contributed by atoms with Gasteiger partial charge in [-0.3, -0.25) is 9.59 Å². The number of carbonyl (C=O) groups is 3. The fourth-order valence-electron chi connectivity index (χ4n) is 2.14. The van der Waals surface area contributed by atoms with Gasteiger partial charge in [-0.05, 0) is 55.5 Å². The first-order chi connectivity index (χ1) is 12.9. The number of hydrogen-bond donors (Lipinski definition) is 1. The van der Waals surface area contributed by atoms with E-state index in [2.05, 4.69) is 5.32 Å². The van der Waals surface area contributed by atoms with Gasteiger partial charge >= 0.3 is 5.97 Å². The summed E-state index contributed by atoms with van der Waals surface area (Å²) in [7, 11) is 0. The normalized spacial score (nSPS) is 11.0. The Morgan fingerprint density at radius 2 is 1.70 bits per heavy atom. The van der Waals surface area contributed by atoms with Gasteiger partial charge in [0.15, 0.2) is 18.5 Å². The summed E-state index contributed by atoms with van der Waals surface area (Å²) in [5.41, 5.74) is 1.41. The molecule has 138 valence electrons. The summed E-state index contributed by atoms with van der Waals surface area (Å²) in [6.45, 7) is 2.48. The third kappa shape index (κ3) is 5.97. The predicted molar refractivity (Wildman–Crippen MR) is 97.3 cm³/mol. The Hall–Kier alpha value is -3.66. The molecule has 27 heavy (non-hydrogen) atoms. The molecule has 1 N–H and O–H groups in total. The van der Waals surface area contributed by atoms with Crippen LogP contribution in [0.4, 0.5) is 5.69 Å². The summed E-state index contributed by atoms with van der Waals surface area (Å²) in [6, 6.07) is 14.5. The lowest BCUT2D eigenvalue weighted by Gasteiger charge is -2.13. The van der Waals surface area contributed by atoms with Crippen molar-refractivity contribution in [3.8, 4) is 11.8 Å². The number of rotatable bonds is 7. The van der Waals surface area contributed by atoms with Crippen molar-refractivity contribution in [1.29, 1.82) is 5.26 Å². The molecule has 0 saturated carbocycles. The molecular weight excluding hydrogens is 348 g/mol. The van der Waals surface area contributed by atoms with Crippen LogP contribution in [-0.4, -0.2) is 30.4 Å². The minimum absolute atomic E-state index is 0.209. The fourth-order valence-corrected chi connectivity index (χ4v) is 2.14. The number of esters is 1. The molecule has 0 radical (unpaired) electrons. The largest absolute Gasteiger partial charge is 0.479 e. The standard InChI is InChI=1S/C20H18N2O5/c1-13(27-18-9-3-15(11-21)4-10-18)20(25)26-12-19(24)16-5-7-17(8-6-16)22-14(2)23/h3-10,13H,12H2,1-2H3,(H,22,23)/t13-/m1/s1. The first-order valence-corrected chi connectivity index (χ1v) is 8.13. The van der Waals surface area contributed by atoms with Gasteiger partial charge in [0.2, 0.25) is 5.91 Å². The Labute approximate surface area is 156 Å². The topological polar surface area (TPSA) is 105 Å². The van der Waals surface area contributed by atoms with Gasteiger partial charge in [0.25, 0.3) is 0 Å². The summed E-state index contributed by atoms with van der Waals surface area (Å²) in [5.74, 6) is -0.844. The zero-order valence-electron chi connectivity index (χ0n) is 14.9. The molecule has 1 amide bonds.